The highest BCUT2D eigenvalue weighted by Crippen LogP contribution is 2.09. The minimum absolute atomic E-state index is 1.07. The van der Waals surface area contributed by atoms with Gasteiger partial charge in [0.15, 0.2) is 0 Å². The summed E-state index contributed by atoms with van der Waals surface area (Å²) in [5.74, 6) is 0. The van der Waals surface area contributed by atoms with Gasteiger partial charge in [-0.2, -0.15) is 0 Å². The van der Waals surface area contributed by atoms with Crippen LogP contribution in [0.2, 0.25) is 0 Å². The summed E-state index contributed by atoms with van der Waals surface area (Å²) in [5, 5.41) is 0. The van der Waals surface area contributed by atoms with Gasteiger partial charge in [0.1, 0.15) is 0 Å². The first-order valence-corrected chi connectivity index (χ1v) is 8.71. The lowest BCUT2D eigenvalue weighted by Gasteiger charge is -2.24. The van der Waals surface area contributed by atoms with E-state index in [9.17, 15) is 0 Å². The average Bonchev–Trinajstić information content (AvgIpc) is 2.47. The molecule has 0 unspecified atom stereocenters. The summed E-state index contributed by atoms with van der Waals surface area (Å²) in [7, 11) is 8.60. The van der Waals surface area contributed by atoms with Crippen LogP contribution < -0.4 is 0 Å². The maximum Gasteiger partial charge on any atom is 0.0193 e. The normalized spacial score (nSPS) is 12.6. The molecule has 1 rings (SSSR count). The van der Waals surface area contributed by atoms with E-state index in [0.29, 0.717) is 0 Å². The fraction of sp³-hybridized carbons (Fsp3) is 0.600. The molecule has 0 spiro atoms. The summed E-state index contributed by atoms with van der Waals surface area (Å²) >= 11 is 0. The zero-order valence-electron chi connectivity index (χ0n) is 15.8. The first-order valence-electron chi connectivity index (χ1n) is 8.71. The highest BCUT2D eigenvalue weighted by atomic mass is 15.1. The van der Waals surface area contributed by atoms with Crippen molar-refractivity contribution in [1.29, 1.82) is 0 Å². The molecule has 0 saturated heterocycles. The molecule has 0 aromatic heterocycles. The van der Waals surface area contributed by atoms with E-state index in [1.54, 1.807) is 0 Å². The van der Waals surface area contributed by atoms with Crippen molar-refractivity contribution in [2.75, 3.05) is 60.9 Å². The predicted octanol–water partition coefficient (Wildman–Crippen LogP) is 3.30. The molecule has 130 valence electrons. The molecular weight excluding hydrogens is 282 g/mol. The Morgan fingerprint density at radius 2 is 1.35 bits per heavy atom. The summed E-state index contributed by atoms with van der Waals surface area (Å²) in [6.07, 6.45) is 4.77. The Morgan fingerprint density at radius 3 is 1.83 bits per heavy atom. The third kappa shape index (κ3) is 10.3. The minimum Gasteiger partial charge on any atom is -0.309 e. The average molecular weight is 318 g/mol. The molecule has 0 aliphatic heterocycles. The van der Waals surface area contributed by atoms with Gasteiger partial charge in [0, 0.05) is 6.54 Å². The highest BCUT2D eigenvalue weighted by Gasteiger charge is 2.06. The molecule has 0 amide bonds. The lowest BCUT2D eigenvalue weighted by molar-refractivity contribution is 0.256. The van der Waals surface area contributed by atoms with Crippen molar-refractivity contribution in [2.24, 2.45) is 0 Å². The number of benzene rings is 1. The summed E-state index contributed by atoms with van der Waals surface area (Å²) in [6, 6.07) is 10.6. The largest absolute Gasteiger partial charge is 0.309 e. The van der Waals surface area contributed by atoms with Crippen LogP contribution in [0.4, 0.5) is 0 Å². The highest BCUT2D eigenvalue weighted by molar-refractivity contribution is 5.52. The molecule has 0 fully saturated rings. The molecular formula is C20H35N3. The van der Waals surface area contributed by atoms with Gasteiger partial charge in [-0.3, -0.25) is 4.90 Å². The molecule has 0 bridgehead atoms. The van der Waals surface area contributed by atoms with Crippen molar-refractivity contribution in [3.8, 4) is 0 Å². The van der Waals surface area contributed by atoms with E-state index in [-0.39, 0.29) is 0 Å². The molecule has 0 atom stereocenters. The maximum atomic E-state index is 2.60. The van der Waals surface area contributed by atoms with Crippen LogP contribution in [0.15, 0.2) is 35.9 Å². The molecule has 0 N–H and O–H groups in total. The van der Waals surface area contributed by atoms with Crippen LogP contribution in [-0.4, -0.2) is 75.6 Å². The quantitative estimate of drug-likeness (QED) is 0.620. The van der Waals surface area contributed by atoms with E-state index in [1.165, 1.54) is 37.1 Å². The Bertz CT molecular complexity index is 423. The smallest absolute Gasteiger partial charge is 0.0193 e. The lowest BCUT2D eigenvalue weighted by Crippen LogP contribution is -2.31. The van der Waals surface area contributed by atoms with Gasteiger partial charge in [0.2, 0.25) is 0 Å². The lowest BCUT2D eigenvalue weighted by atomic mass is 10.1. The zero-order valence-corrected chi connectivity index (χ0v) is 15.8. The Hall–Kier alpha value is -1.16. The molecule has 0 aliphatic carbocycles. The van der Waals surface area contributed by atoms with Crippen LogP contribution >= 0.6 is 0 Å². The van der Waals surface area contributed by atoms with Crippen molar-refractivity contribution in [2.45, 2.75) is 19.8 Å². The first kappa shape index (κ1) is 19.9. The van der Waals surface area contributed by atoms with Crippen molar-refractivity contribution in [3.63, 3.8) is 0 Å². The van der Waals surface area contributed by atoms with Crippen LogP contribution in [0.25, 0.3) is 6.08 Å². The fourth-order valence-corrected chi connectivity index (χ4v) is 2.72. The monoisotopic (exact) mass is 317 g/mol. The van der Waals surface area contributed by atoms with Gasteiger partial charge in [-0.25, -0.2) is 0 Å². The van der Waals surface area contributed by atoms with Crippen LogP contribution in [0.5, 0.6) is 0 Å². The molecule has 0 aliphatic rings. The van der Waals surface area contributed by atoms with Gasteiger partial charge < -0.3 is 9.80 Å². The standard InChI is InChI=1S/C20H35N3/c1-19(17-20-11-7-6-8-12-20)18-23(15-9-13-21(2)3)16-10-14-22(4)5/h6-8,11-12,17H,9-10,13-16,18H2,1-5H3/b19-17-. The van der Waals surface area contributed by atoms with Gasteiger partial charge in [0.25, 0.3) is 0 Å². The Balaban J connectivity index is 2.53. The van der Waals surface area contributed by atoms with Crippen LogP contribution in [0, 0.1) is 0 Å². The summed E-state index contributed by atoms with van der Waals surface area (Å²) < 4.78 is 0. The predicted molar refractivity (Wildman–Crippen MR) is 103 cm³/mol. The first-order chi connectivity index (χ1) is 11.0. The Kier molecular flexibility index (Phi) is 9.85. The summed E-state index contributed by atoms with van der Waals surface area (Å²) in [4.78, 5) is 7.14. The van der Waals surface area contributed by atoms with Gasteiger partial charge in [0.05, 0.1) is 0 Å². The van der Waals surface area contributed by atoms with E-state index < -0.39 is 0 Å². The van der Waals surface area contributed by atoms with Crippen LogP contribution in [-0.2, 0) is 0 Å². The topological polar surface area (TPSA) is 9.72 Å². The minimum atomic E-state index is 1.07. The fourth-order valence-electron chi connectivity index (χ4n) is 2.72. The van der Waals surface area contributed by atoms with E-state index in [1.807, 2.05) is 0 Å². The van der Waals surface area contributed by atoms with Crippen molar-refractivity contribution in [3.05, 3.63) is 41.5 Å². The van der Waals surface area contributed by atoms with Crippen LogP contribution in [0.1, 0.15) is 25.3 Å². The van der Waals surface area contributed by atoms with E-state index in [0.717, 1.165) is 19.6 Å². The number of hydrogen-bond acceptors (Lipinski definition) is 3. The second kappa shape index (κ2) is 11.4. The molecule has 1 aromatic carbocycles. The molecule has 3 nitrogen and oxygen atoms in total. The molecule has 1 aromatic rings. The van der Waals surface area contributed by atoms with Crippen molar-refractivity contribution >= 4 is 6.08 Å². The number of nitrogens with zero attached hydrogens (tertiary/aromatic N) is 3. The molecule has 3 heteroatoms. The van der Waals surface area contributed by atoms with Crippen LogP contribution in [0.3, 0.4) is 0 Å². The maximum absolute atomic E-state index is 2.60. The van der Waals surface area contributed by atoms with Gasteiger partial charge in [-0.05, 0) is 79.7 Å². The zero-order chi connectivity index (χ0) is 17.1. The second-order valence-corrected chi connectivity index (χ2v) is 6.99. The van der Waals surface area contributed by atoms with E-state index in [4.69, 9.17) is 0 Å². The molecule has 0 radical (unpaired) electrons. The van der Waals surface area contributed by atoms with Crippen molar-refractivity contribution in [1.82, 2.24) is 14.7 Å². The van der Waals surface area contributed by atoms with E-state index >= 15 is 0 Å². The van der Waals surface area contributed by atoms with Crippen molar-refractivity contribution < 1.29 is 0 Å². The van der Waals surface area contributed by atoms with Gasteiger partial charge >= 0.3 is 0 Å². The summed E-state index contributed by atoms with van der Waals surface area (Å²) in [6.45, 7) is 7.97. The van der Waals surface area contributed by atoms with Gasteiger partial charge in [-0.1, -0.05) is 42.0 Å². The van der Waals surface area contributed by atoms with Gasteiger partial charge in [-0.15, -0.1) is 0 Å². The third-order valence-electron chi connectivity index (χ3n) is 3.84. The number of rotatable bonds is 11. The Morgan fingerprint density at radius 1 is 0.826 bits per heavy atom. The molecule has 0 heterocycles. The Labute approximate surface area is 143 Å². The number of hydrogen-bond donors (Lipinski definition) is 0. The summed E-state index contributed by atoms with van der Waals surface area (Å²) in [5.41, 5.74) is 2.73. The van der Waals surface area contributed by atoms with E-state index in [2.05, 4.69) is 86.2 Å². The SMILES string of the molecule is C/C(=C/c1ccccc1)CN(CCCN(C)C)CCCN(C)C. The third-order valence-corrected chi connectivity index (χ3v) is 3.84. The molecule has 0 saturated carbocycles. The molecule has 23 heavy (non-hydrogen) atoms. The second-order valence-electron chi connectivity index (χ2n) is 6.99.